The number of carbonyl (C=O) groups excluding carboxylic acids is 4. The van der Waals surface area contributed by atoms with Gasteiger partial charge in [0.25, 0.3) is 0 Å². The summed E-state index contributed by atoms with van der Waals surface area (Å²) < 4.78 is 5.12. The zero-order chi connectivity index (χ0) is 29.6. The van der Waals surface area contributed by atoms with Crippen LogP contribution in [0.2, 0.25) is 0 Å². The number of ketones is 2. The maximum atomic E-state index is 12.1. The minimum atomic E-state index is -0.663. The van der Waals surface area contributed by atoms with Crippen molar-refractivity contribution in [1.82, 2.24) is 0 Å². The van der Waals surface area contributed by atoms with Crippen LogP contribution in [-0.4, -0.2) is 36.9 Å². The number of para-hydroxylation sites is 1. The van der Waals surface area contributed by atoms with Gasteiger partial charge in [0.05, 0.1) is 0 Å². The number of benzene rings is 2. The van der Waals surface area contributed by atoms with Crippen molar-refractivity contribution in [2.45, 2.75) is 80.6 Å². The Hall–Kier alpha value is -3.35. The average Bonchev–Trinajstić information content (AvgIpc) is 2.92. The van der Waals surface area contributed by atoms with Crippen LogP contribution in [0.15, 0.2) is 48.5 Å². The van der Waals surface area contributed by atoms with E-state index in [2.05, 4.69) is 19.2 Å². The average molecular weight is 533 g/mol. The standard InChI is InChI=1S/C18H17NO4.C12H20BO.C2H6/c1-2-6-17(21)16-11-14(10-9-13(16)12-20)19-18(22)23-15-7-4-3-5-8-15;1-5-8(2)11(14)10-6-12(4,7-10)9(3)13;1-2/h3-5,7-12H,2,6H2,1H3,(H,19,22);8,10H,5-7H2,1-4H3;1-2H3. The monoisotopic (exact) mass is 532 g/mol. The Morgan fingerprint density at radius 3 is 2.23 bits per heavy atom. The minimum absolute atomic E-state index is 0.130. The van der Waals surface area contributed by atoms with E-state index in [1.165, 1.54) is 12.1 Å². The summed E-state index contributed by atoms with van der Waals surface area (Å²) in [6.45, 7) is 14.1. The molecule has 6 nitrogen and oxygen atoms in total. The number of Topliss-reactive ketones (excluding diaryl/α,β-unsaturated/α-hetero) is 2. The van der Waals surface area contributed by atoms with E-state index in [0.29, 0.717) is 47.5 Å². The fourth-order valence-corrected chi connectivity index (χ4v) is 4.23. The van der Waals surface area contributed by atoms with Gasteiger partial charge in [-0.2, -0.15) is 0 Å². The molecule has 0 aliphatic heterocycles. The van der Waals surface area contributed by atoms with Crippen LogP contribution in [0, 0.1) is 17.3 Å². The summed E-state index contributed by atoms with van der Waals surface area (Å²) >= 11 is 0. The summed E-state index contributed by atoms with van der Waals surface area (Å²) in [6.07, 6.45) is 3.87. The van der Waals surface area contributed by atoms with Gasteiger partial charge in [-0.05, 0) is 36.8 Å². The Morgan fingerprint density at radius 2 is 1.72 bits per heavy atom. The molecule has 1 radical (unpaired) electrons. The molecule has 2 aromatic carbocycles. The first-order valence-electron chi connectivity index (χ1n) is 13.8. The van der Waals surface area contributed by atoms with Crippen molar-refractivity contribution in [3.63, 3.8) is 0 Å². The quantitative estimate of drug-likeness (QED) is 0.194. The van der Waals surface area contributed by atoms with Crippen LogP contribution < -0.4 is 10.1 Å². The summed E-state index contributed by atoms with van der Waals surface area (Å²) in [5, 5.41) is 2.55. The number of rotatable bonds is 10. The van der Waals surface area contributed by atoms with Gasteiger partial charge in [-0.1, -0.05) is 39.0 Å². The SMILES string of the molecule is CC.CCCC(=O)c1cc(NC(=O)Oc2ccccc2)ccc1C=O.[B]=C(C)C1(C)CC(C(=O)C(C)CC)C1. The summed E-state index contributed by atoms with van der Waals surface area (Å²) in [5.41, 5.74) is 2.12. The number of aldehydes is 1. The number of hydrogen-bond acceptors (Lipinski definition) is 5. The normalized spacial score (nSPS) is 17.9. The molecule has 1 saturated carbocycles. The van der Waals surface area contributed by atoms with E-state index in [1.54, 1.807) is 30.3 Å². The van der Waals surface area contributed by atoms with Gasteiger partial charge in [0.15, 0.2) is 12.1 Å². The van der Waals surface area contributed by atoms with Crippen molar-refractivity contribution < 1.29 is 23.9 Å². The Morgan fingerprint density at radius 1 is 1.10 bits per heavy atom. The summed E-state index contributed by atoms with van der Waals surface area (Å²) in [7, 11) is 5.81. The molecule has 1 aliphatic carbocycles. The molecular weight excluding hydrogens is 489 g/mol. The molecule has 1 fully saturated rings. The molecule has 0 spiro atoms. The molecule has 1 amide bonds. The van der Waals surface area contributed by atoms with Crippen molar-refractivity contribution in [3.8, 4) is 5.75 Å². The number of carbonyl (C=O) groups is 4. The first-order chi connectivity index (χ1) is 18.5. The van der Waals surface area contributed by atoms with E-state index in [4.69, 9.17) is 12.2 Å². The molecule has 0 saturated heterocycles. The third kappa shape index (κ3) is 10.0. The summed E-state index contributed by atoms with van der Waals surface area (Å²) in [6, 6.07) is 13.2. The Labute approximate surface area is 235 Å². The first-order valence-corrected chi connectivity index (χ1v) is 13.8. The summed E-state index contributed by atoms with van der Waals surface area (Å²) in [5.74, 6) is 1.22. The predicted octanol–water partition coefficient (Wildman–Crippen LogP) is 7.50. The number of nitrogens with one attached hydrogen (secondary N) is 1. The van der Waals surface area contributed by atoms with Gasteiger partial charge < -0.3 is 4.74 Å². The van der Waals surface area contributed by atoms with Crippen LogP contribution in [-0.2, 0) is 4.79 Å². The maximum absolute atomic E-state index is 12.1. The number of anilines is 1. The van der Waals surface area contributed by atoms with Gasteiger partial charge in [-0.15, -0.1) is 0 Å². The molecule has 0 heterocycles. The van der Waals surface area contributed by atoms with Crippen LogP contribution in [0.5, 0.6) is 5.75 Å². The van der Waals surface area contributed by atoms with Crippen LogP contribution in [0.1, 0.15) is 101 Å². The van der Waals surface area contributed by atoms with Crippen molar-refractivity contribution in [3.05, 3.63) is 59.7 Å². The zero-order valence-electron chi connectivity index (χ0n) is 24.5. The molecule has 0 aromatic heterocycles. The van der Waals surface area contributed by atoms with Gasteiger partial charge in [-0.25, -0.2) is 4.79 Å². The molecule has 1 unspecified atom stereocenters. The molecule has 209 valence electrons. The first kappa shape index (κ1) is 33.7. The third-order valence-electron chi connectivity index (χ3n) is 7.00. The molecule has 1 aliphatic rings. The molecule has 7 heteroatoms. The van der Waals surface area contributed by atoms with Crippen LogP contribution in [0.25, 0.3) is 0 Å². The number of ether oxygens (including phenoxy) is 1. The topological polar surface area (TPSA) is 89.5 Å². The molecule has 1 N–H and O–H groups in total. The Balaban J connectivity index is 0.000000407. The van der Waals surface area contributed by atoms with Gasteiger partial charge in [0.1, 0.15) is 5.75 Å². The van der Waals surface area contributed by atoms with Crippen molar-refractivity contribution >= 4 is 42.6 Å². The zero-order valence-corrected chi connectivity index (χ0v) is 24.5. The van der Waals surface area contributed by atoms with E-state index in [-0.39, 0.29) is 23.0 Å². The van der Waals surface area contributed by atoms with Crippen LogP contribution >= 0.6 is 0 Å². The van der Waals surface area contributed by atoms with E-state index in [1.807, 2.05) is 40.7 Å². The van der Waals surface area contributed by atoms with Gasteiger partial charge >= 0.3 is 93.8 Å². The van der Waals surface area contributed by atoms with Crippen LogP contribution in [0.3, 0.4) is 0 Å². The second kappa shape index (κ2) is 16.6. The second-order valence-electron chi connectivity index (χ2n) is 9.98. The molecule has 2 aromatic rings. The fourth-order valence-electron chi connectivity index (χ4n) is 4.23. The van der Waals surface area contributed by atoms with Crippen molar-refractivity contribution in [2.75, 3.05) is 5.32 Å². The Kier molecular flexibility index (Phi) is 14.3. The van der Waals surface area contributed by atoms with Gasteiger partial charge in [0.2, 0.25) is 0 Å². The summed E-state index contributed by atoms with van der Waals surface area (Å²) in [4.78, 5) is 46.8. The molecule has 39 heavy (non-hydrogen) atoms. The number of hydrogen-bond donors (Lipinski definition) is 1. The van der Waals surface area contributed by atoms with E-state index >= 15 is 0 Å². The van der Waals surface area contributed by atoms with Gasteiger partial charge in [-0.3, -0.25) is 14.9 Å². The molecule has 0 bridgehead atoms. The van der Waals surface area contributed by atoms with Crippen molar-refractivity contribution in [1.29, 1.82) is 0 Å². The second-order valence-corrected chi connectivity index (χ2v) is 9.98. The van der Waals surface area contributed by atoms with E-state index < -0.39 is 6.09 Å². The Bertz CT molecular complexity index is 1120. The van der Waals surface area contributed by atoms with Crippen molar-refractivity contribution in [2.24, 2.45) is 17.3 Å². The van der Waals surface area contributed by atoms with Crippen LogP contribution in [0.4, 0.5) is 10.5 Å². The predicted molar refractivity (Wildman–Crippen MR) is 160 cm³/mol. The third-order valence-corrected chi connectivity index (χ3v) is 7.00. The molecule has 1 atom stereocenters. The fraction of sp³-hybridized carbons (Fsp3) is 0.469. The molecular formula is C32H43BNO5. The molecule has 3 rings (SSSR count). The van der Waals surface area contributed by atoms with E-state index in [0.717, 1.165) is 24.7 Å². The van der Waals surface area contributed by atoms with E-state index in [9.17, 15) is 19.2 Å². The number of amides is 1. The van der Waals surface area contributed by atoms with Gasteiger partial charge in [0, 0.05) is 23.2 Å².